The highest BCUT2D eigenvalue weighted by Gasteiger charge is 2.00. The summed E-state index contributed by atoms with van der Waals surface area (Å²) in [4.78, 5) is 10.4. The fourth-order valence-corrected chi connectivity index (χ4v) is 0.932. The van der Waals surface area contributed by atoms with Crippen molar-refractivity contribution in [3.8, 4) is 0 Å². The van der Waals surface area contributed by atoms with E-state index in [1.165, 1.54) is 31.0 Å². The molecule has 0 bridgehead atoms. The lowest BCUT2D eigenvalue weighted by Crippen LogP contribution is -1.95. The van der Waals surface area contributed by atoms with E-state index in [1.807, 2.05) is 0 Å². The van der Waals surface area contributed by atoms with Gasteiger partial charge in [-0.25, -0.2) is 4.39 Å². The number of hydrogen-bond acceptors (Lipinski definition) is 2. The van der Waals surface area contributed by atoms with Gasteiger partial charge in [0.15, 0.2) is 0 Å². The van der Waals surface area contributed by atoms with Crippen molar-refractivity contribution in [3.63, 3.8) is 0 Å². The molecule has 0 fully saturated rings. The van der Waals surface area contributed by atoms with Crippen molar-refractivity contribution in [2.45, 2.75) is 19.8 Å². The van der Waals surface area contributed by atoms with Crippen molar-refractivity contribution in [1.29, 1.82) is 0 Å². The van der Waals surface area contributed by atoms with E-state index in [9.17, 15) is 9.18 Å². The molecule has 2 N–H and O–H groups in total. The minimum atomic E-state index is -0.639. The molecule has 0 aliphatic rings. The topological polar surface area (TPSA) is 43.1 Å². The van der Waals surface area contributed by atoms with Crippen molar-refractivity contribution in [1.82, 2.24) is 0 Å². The van der Waals surface area contributed by atoms with E-state index in [1.54, 1.807) is 0 Å². The van der Waals surface area contributed by atoms with Gasteiger partial charge in [0, 0.05) is 5.56 Å². The standard InChI is InChI=1S/C7H4ClFO.C4H11N/c8-7(10)5-2-1-3-6(9)4-5;1-2-3-4-5/h1-4H;2-5H2,1H3. The van der Waals surface area contributed by atoms with Crippen molar-refractivity contribution in [2.75, 3.05) is 6.54 Å². The molecule has 0 unspecified atom stereocenters. The van der Waals surface area contributed by atoms with Gasteiger partial charge in [0.2, 0.25) is 0 Å². The van der Waals surface area contributed by atoms with Gasteiger partial charge in [0.1, 0.15) is 5.82 Å². The van der Waals surface area contributed by atoms with Crippen LogP contribution in [-0.2, 0) is 0 Å². The first-order chi connectivity index (χ1) is 7.11. The number of carbonyl (C=O) groups is 1. The highest BCUT2D eigenvalue weighted by molar-refractivity contribution is 6.67. The van der Waals surface area contributed by atoms with Crippen LogP contribution < -0.4 is 5.73 Å². The highest BCUT2D eigenvalue weighted by Crippen LogP contribution is 2.05. The Morgan fingerprint density at radius 1 is 1.53 bits per heavy atom. The van der Waals surface area contributed by atoms with Gasteiger partial charge in [0.05, 0.1) is 0 Å². The first-order valence-corrected chi connectivity index (χ1v) is 5.15. The summed E-state index contributed by atoms with van der Waals surface area (Å²) in [5.74, 6) is -0.452. The van der Waals surface area contributed by atoms with Gasteiger partial charge >= 0.3 is 0 Å². The Bertz CT molecular complexity index is 302. The van der Waals surface area contributed by atoms with E-state index in [0.717, 1.165) is 12.6 Å². The van der Waals surface area contributed by atoms with Crippen molar-refractivity contribution in [3.05, 3.63) is 35.6 Å². The number of benzene rings is 1. The Hall–Kier alpha value is -0.930. The van der Waals surface area contributed by atoms with Gasteiger partial charge in [-0.1, -0.05) is 19.4 Å². The molecule has 0 radical (unpaired) electrons. The smallest absolute Gasteiger partial charge is 0.252 e. The fraction of sp³-hybridized carbons (Fsp3) is 0.364. The Kier molecular flexibility index (Phi) is 7.86. The van der Waals surface area contributed by atoms with E-state index >= 15 is 0 Å². The average Bonchev–Trinajstić information content (AvgIpc) is 2.20. The van der Waals surface area contributed by atoms with Crippen LogP contribution in [0.15, 0.2) is 24.3 Å². The fourth-order valence-electron chi connectivity index (χ4n) is 0.815. The van der Waals surface area contributed by atoms with Gasteiger partial charge in [-0.15, -0.1) is 0 Å². The number of nitrogens with two attached hydrogens (primary N) is 1. The van der Waals surface area contributed by atoms with Gasteiger partial charge in [0.25, 0.3) is 5.24 Å². The number of unbranched alkanes of at least 4 members (excludes halogenated alkanes) is 1. The molecule has 0 aromatic heterocycles. The molecule has 4 heteroatoms. The third-order valence-corrected chi connectivity index (χ3v) is 1.83. The van der Waals surface area contributed by atoms with Crippen LogP contribution in [0.1, 0.15) is 30.1 Å². The highest BCUT2D eigenvalue weighted by atomic mass is 35.5. The Balaban J connectivity index is 0.000000336. The summed E-state index contributed by atoms with van der Waals surface area (Å²) in [6, 6.07) is 5.24. The number of carbonyl (C=O) groups excluding carboxylic acids is 1. The molecule has 2 nitrogen and oxygen atoms in total. The van der Waals surface area contributed by atoms with Crippen molar-refractivity contribution < 1.29 is 9.18 Å². The van der Waals surface area contributed by atoms with Crippen LogP contribution in [-0.4, -0.2) is 11.8 Å². The first kappa shape index (κ1) is 14.1. The SMILES string of the molecule is CCCCN.O=C(Cl)c1cccc(F)c1. The van der Waals surface area contributed by atoms with Crippen LogP contribution >= 0.6 is 11.6 Å². The molecule has 0 saturated heterocycles. The summed E-state index contributed by atoms with van der Waals surface area (Å²) in [5.41, 5.74) is 5.32. The largest absolute Gasteiger partial charge is 0.330 e. The van der Waals surface area contributed by atoms with E-state index in [0.29, 0.717) is 0 Å². The molecule has 0 spiro atoms. The zero-order valence-electron chi connectivity index (χ0n) is 8.67. The lowest BCUT2D eigenvalue weighted by atomic mass is 10.2. The second kappa shape index (κ2) is 8.38. The van der Waals surface area contributed by atoms with Crippen LogP contribution in [0.2, 0.25) is 0 Å². The van der Waals surface area contributed by atoms with E-state index in [2.05, 4.69) is 6.92 Å². The zero-order valence-corrected chi connectivity index (χ0v) is 9.43. The quantitative estimate of drug-likeness (QED) is 0.813. The molecule has 0 atom stereocenters. The molecule has 0 amide bonds. The summed E-state index contributed by atoms with van der Waals surface area (Å²) in [6.45, 7) is 2.98. The maximum absolute atomic E-state index is 12.3. The predicted molar refractivity (Wildman–Crippen MR) is 60.5 cm³/mol. The number of hydrogen-bond donors (Lipinski definition) is 1. The zero-order chi connectivity index (χ0) is 11.7. The summed E-state index contributed by atoms with van der Waals surface area (Å²) >= 11 is 5.07. The number of halogens is 2. The molecule has 1 aromatic carbocycles. The normalized spacial score (nSPS) is 9.07. The Morgan fingerprint density at radius 3 is 2.47 bits per heavy atom. The monoisotopic (exact) mass is 231 g/mol. The summed E-state index contributed by atoms with van der Waals surface area (Å²) < 4.78 is 12.3. The predicted octanol–water partition coefficient (Wildman–Crippen LogP) is 2.95. The molecule has 15 heavy (non-hydrogen) atoms. The average molecular weight is 232 g/mol. The van der Waals surface area contributed by atoms with E-state index < -0.39 is 11.1 Å². The van der Waals surface area contributed by atoms with Gasteiger partial charge in [-0.3, -0.25) is 4.79 Å². The van der Waals surface area contributed by atoms with Crippen LogP contribution in [0.5, 0.6) is 0 Å². The minimum Gasteiger partial charge on any atom is -0.330 e. The Labute approximate surface area is 94.2 Å². The third kappa shape index (κ3) is 7.05. The second-order valence-electron chi connectivity index (χ2n) is 2.93. The molecular formula is C11H15ClFNO. The maximum Gasteiger partial charge on any atom is 0.252 e. The molecule has 0 aliphatic carbocycles. The molecule has 1 aromatic rings. The van der Waals surface area contributed by atoms with E-state index in [4.69, 9.17) is 17.3 Å². The van der Waals surface area contributed by atoms with Gasteiger partial charge < -0.3 is 5.73 Å². The van der Waals surface area contributed by atoms with E-state index in [-0.39, 0.29) is 5.56 Å². The summed E-state index contributed by atoms with van der Waals surface area (Å²) in [5, 5.41) is -0.639. The van der Waals surface area contributed by atoms with Crippen LogP contribution in [0, 0.1) is 5.82 Å². The summed E-state index contributed by atoms with van der Waals surface area (Å²) in [7, 11) is 0. The van der Waals surface area contributed by atoms with Crippen LogP contribution in [0.3, 0.4) is 0 Å². The van der Waals surface area contributed by atoms with Gasteiger partial charge in [-0.2, -0.15) is 0 Å². The Morgan fingerprint density at radius 2 is 2.20 bits per heavy atom. The lowest BCUT2D eigenvalue weighted by molar-refractivity contribution is 0.108. The van der Waals surface area contributed by atoms with Crippen LogP contribution in [0.25, 0.3) is 0 Å². The third-order valence-electron chi connectivity index (χ3n) is 1.61. The van der Waals surface area contributed by atoms with Crippen LogP contribution in [0.4, 0.5) is 4.39 Å². The number of rotatable bonds is 3. The van der Waals surface area contributed by atoms with Crippen molar-refractivity contribution >= 4 is 16.8 Å². The molecule has 0 saturated carbocycles. The molecular weight excluding hydrogens is 217 g/mol. The lowest BCUT2D eigenvalue weighted by Gasteiger charge is -1.90. The molecule has 0 aliphatic heterocycles. The second-order valence-corrected chi connectivity index (χ2v) is 3.27. The summed E-state index contributed by atoms with van der Waals surface area (Å²) in [6.07, 6.45) is 2.39. The van der Waals surface area contributed by atoms with Crippen molar-refractivity contribution in [2.24, 2.45) is 5.73 Å². The molecule has 0 heterocycles. The molecule has 84 valence electrons. The molecule has 1 rings (SSSR count). The minimum absolute atomic E-state index is 0.182. The van der Waals surface area contributed by atoms with Gasteiger partial charge in [-0.05, 0) is 42.8 Å². The maximum atomic E-state index is 12.3. The first-order valence-electron chi connectivity index (χ1n) is 4.77.